The summed E-state index contributed by atoms with van der Waals surface area (Å²) < 4.78 is 10.8. The molecule has 0 spiro atoms. The van der Waals surface area contributed by atoms with Crippen LogP contribution in [0.3, 0.4) is 0 Å². The maximum absolute atomic E-state index is 5.38. The van der Waals surface area contributed by atoms with E-state index >= 15 is 0 Å². The first-order valence-electron chi connectivity index (χ1n) is 5.85. The standard InChI is InChI=1S/C14H13N3O2.ClH/c1-18-10-6-3-7-11(19-2)12(10)14-16-9-5-4-8-15-13(9)17-14;/h3-8H,1-2H3,(H,15,16,17);1H. The van der Waals surface area contributed by atoms with Crippen LogP contribution < -0.4 is 9.47 Å². The van der Waals surface area contributed by atoms with Crippen molar-refractivity contribution in [3.8, 4) is 22.9 Å². The SMILES string of the molecule is COc1cccc(OC)c1-c1nc2ncccc2[nH]1.Cl. The van der Waals surface area contributed by atoms with Crippen LogP contribution >= 0.6 is 12.4 Å². The van der Waals surface area contributed by atoms with Crippen molar-refractivity contribution in [1.82, 2.24) is 15.0 Å². The van der Waals surface area contributed by atoms with Crippen molar-refractivity contribution < 1.29 is 9.47 Å². The molecule has 2 aromatic heterocycles. The summed E-state index contributed by atoms with van der Waals surface area (Å²) >= 11 is 0. The highest BCUT2D eigenvalue weighted by Crippen LogP contribution is 2.37. The van der Waals surface area contributed by atoms with Crippen LogP contribution in [-0.2, 0) is 0 Å². The molecule has 0 aliphatic carbocycles. The molecule has 0 aliphatic rings. The lowest BCUT2D eigenvalue weighted by Crippen LogP contribution is -1.93. The summed E-state index contributed by atoms with van der Waals surface area (Å²) in [7, 11) is 3.25. The van der Waals surface area contributed by atoms with E-state index in [1.807, 2.05) is 30.3 Å². The van der Waals surface area contributed by atoms with Gasteiger partial charge in [0.25, 0.3) is 0 Å². The quantitative estimate of drug-likeness (QED) is 0.805. The molecule has 5 nitrogen and oxygen atoms in total. The number of methoxy groups -OCH3 is 2. The molecule has 0 saturated carbocycles. The molecular weight excluding hydrogens is 278 g/mol. The van der Waals surface area contributed by atoms with E-state index in [0.717, 1.165) is 11.1 Å². The van der Waals surface area contributed by atoms with Crippen LogP contribution in [0.15, 0.2) is 36.5 Å². The molecule has 0 aliphatic heterocycles. The second-order valence-corrected chi connectivity index (χ2v) is 4.00. The highest BCUT2D eigenvalue weighted by Gasteiger charge is 2.16. The average Bonchev–Trinajstić information content (AvgIpc) is 2.89. The molecule has 0 amide bonds. The number of hydrogen-bond acceptors (Lipinski definition) is 4. The van der Waals surface area contributed by atoms with E-state index in [2.05, 4.69) is 15.0 Å². The predicted molar refractivity (Wildman–Crippen MR) is 79.7 cm³/mol. The lowest BCUT2D eigenvalue weighted by Gasteiger charge is -2.10. The van der Waals surface area contributed by atoms with Crippen LogP contribution in [0.25, 0.3) is 22.6 Å². The Bertz CT molecular complexity index is 672. The Morgan fingerprint density at radius 1 is 1.00 bits per heavy atom. The van der Waals surface area contributed by atoms with Gasteiger partial charge in [-0.1, -0.05) is 6.07 Å². The minimum absolute atomic E-state index is 0. The van der Waals surface area contributed by atoms with Crippen LogP contribution in [0, 0.1) is 0 Å². The molecule has 3 aromatic rings. The molecule has 104 valence electrons. The number of benzene rings is 1. The Morgan fingerprint density at radius 3 is 2.30 bits per heavy atom. The lowest BCUT2D eigenvalue weighted by atomic mass is 10.1. The summed E-state index contributed by atoms with van der Waals surface area (Å²) in [4.78, 5) is 11.9. The van der Waals surface area contributed by atoms with E-state index in [1.54, 1.807) is 20.4 Å². The molecule has 2 heterocycles. The lowest BCUT2D eigenvalue weighted by molar-refractivity contribution is 0.397. The zero-order valence-electron chi connectivity index (χ0n) is 11.1. The van der Waals surface area contributed by atoms with E-state index in [4.69, 9.17) is 9.47 Å². The smallest absolute Gasteiger partial charge is 0.178 e. The van der Waals surface area contributed by atoms with Gasteiger partial charge in [0.2, 0.25) is 0 Å². The van der Waals surface area contributed by atoms with E-state index in [0.29, 0.717) is 23.0 Å². The van der Waals surface area contributed by atoms with Gasteiger partial charge in [-0.3, -0.25) is 0 Å². The zero-order valence-corrected chi connectivity index (χ0v) is 11.9. The van der Waals surface area contributed by atoms with Gasteiger partial charge < -0.3 is 14.5 Å². The van der Waals surface area contributed by atoms with Crippen LogP contribution in [0.5, 0.6) is 11.5 Å². The van der Waals surface area contributed by atoms with Gasteiger partial charge in [0.05, 0.1) is 19.7 Å². The fourth-order valence-electron chi connectivity index (χ4n) is 2.05. The molecule has 0 bridgehead atoms. The fourth-order valence-corrected chi connectivity index (χ4v) is 2.05. The molecule has 1 aromatic carbocycles. The number of aromatic amines is 1. The van der Waals surface area contributed by atoms with Crippen molar-refractivity contribution in [2.75, 3.05) is 14.2 Å². The molecule has 0 fully saturated rings. The molecule has 0 unspecified atom stereocenters. The van der Waals surface area contributed by atoms with Gasteiger partial charge in [-0.2, -0.15) is 0 Å². The molecule has 0 radical (unpaired) electrons. The maximum Gasteiger partial charge on any atom is 0.178 e. The van der Waals surface area contributed by atoms with Crippen molar-refractivity contribution in [1.29, 1.82) is 0 Å². The summed E-state index contributed by atoms with van der Waals surface area (Å²) in [5.74, 6) is 2.10. The molecule has 3 rings (SSSR count). The number of imidazole rings is 1. The number of fused-ring (bicyclic) bond motifs is 1. The number of ether oxygens (including phenoxy) is 2. The Hall–Kier alpha value is -2.27. The highest BCUT2D eigenvalue weighted by molar-refractivity contribution is 5.85. The Balaban J connectivity index is 0.00000147. The number of pyridine rings is 1. The number of halogens is 1. The predicted octanol–water partition coefficient (Wildman–Crippen LogP) is 3.06. The van der Waals surface area contributed by atoms with E-state index in [9.17, 15) is 0 Å². The third-order valence-electron chi connectivity index (χ3n) is 2.92. The van der Waals surface area contributed by atoms with E-state index < -0.39 is 0 Å². The van der Waals surface area contributed by atoms with Crippen molar-refractivity contribution in [2.24, 2.45) is 0 Å². The van der Waals surface area contributed by atoms with Gasteiger partial charge in [0.15, 0.2) is 5.65 Å². The third kappa shape index (κ3) is 2.28. The van der Waals surface area contributed by atoms with Crippen LogP contribution in [0.1, 0.15) is 0 Å². The number of H-pyrrole nitrogens is 1. The highest BCUT2D eigenvalue weighted by atomic mass is 35.5. The zero-order chi connectivity index (χ0) is 13.2. The average molecular weight is 292 g/mol. The maximum atomic E-state index is 5.38. The van der Waals surface area contributed by atoms with Crippen LogP contribution in [0.2, 0.25) is 0 Å². The van der Waals surface area contributed by atoms with Gasteiger partial charge in [-0.15, -0.1) is 12.4 Å². The van der Waals surface area contributed by atoms with Crippen molar-refractivity contribution in [3.05, 3.63) is 36.5 Å². The minimum atomic E-state index is 0. The van der Waals surface area contributed by atoms with Crippen molar-refractivity contribution in [2.45, 2.75) is 0 Å². The third-order valence-corrected chi connectivity index (χ3v) is 2.92. The summed E-state index contributed by atoms with van der Waals surface area (Å²) in [6.45, 7) is 0. The largest absolute Gasteiger partial charge is 0.496 e. The fraction of sp³-hybridized carbons (Fsp3) is 0.143. The minimum Gasteiger partial charge on any atom is -0.496 e. The molecule has 6 heteroatoms. The Morgan fingerprint density at radius 2 is 1.70 bits per heavy atom. The number of aromatic nitrogens is 3. The normalized spacial score (nSPS) is 10.1. The topological polar surface area (TPSA) is 60.0 Å². The summed E-state index contributed by atoms with van der Waals surface area (Å²) in [6, 6.07) is 9.42. The summed E-state index contributed by atoms with van der Waals surface area (Å²) in [5.41, 5.74) is 2.35. The van der Waals surface area contributed by atoms with E-state index in [1.165, 1.54) is 0 Å². The molecule has 20 heavy (non-hydrogen) atoms. The Kier molecular flexibility index (Phi) is 4.10. The molecule has 1 N–H and O–H groups in total. The first kappa shape index (κ1) is 14.1. The monoisotopic (exact) mass is 291 g/mol. The van der Waals surface area contributed by atoms with Gasteiger partial charge in [-0.05, 0) is 24.3 Å². The Labute approximate surface area is 122 Å². The second kappa shape index (κ2) is 5.79. The van der Waals surface area contributed by atoms with Crippen molar-refractivity contribution in [3.63, 3.8) is 0 Å². The van der Waals surface area contributed by atoms with Crippen LogP contribution in [-0.4, -0.2) is 29.2 Å². The number of nitrogens with zero attached hydrogens (tertiary/aromatic N) is 2. The van der Waals surface area contributed by atoms with Crippen LogP contribution in [0.4, 0.5) is 0 Å². The number of rotatable bonds is 3. The summed E-state index contributed by atoms with van der Waals surface area (Å²) in [6.07, 6.45) is 1.71. The van der Waals surface area contributed by atoms with E-state index in [-0.39, 0.29) is 12.4 Å². The second-order valence-electron chi connectivity index (χ2n) is 4.00. The van der Waals surface area contributed by atoms with Gasteiger partial charge in [0, 0.05) is 6.20 Å². The first-order chi connectivity index (χ1) is 9.33. The van der Waals surface area contributed by atoms with Gasteiger partial charge in [0.1, 0.15) is 22.9 Å². The first-order valence-corrected chi connectivity index (χ1v) is 5.85. The molecule has 0 atom stereocenters. The van der Waals surface area contributed by atoms with Gasteiger partial charge >= 0.3 is 0 Å². The van der Waals surface area contributed by atoms with Crippen molar-refractivity contribution >= 4 is 23.6 Å². The molecular formula is C14H14ClN3O2. The number of nitrogens with one attached hydrogen (secondary N) is 1. The molecule has 0 saturated heterocycles. The number of hydrogen-bond donors (Lipinski definition) is 1. The summed E-state index contributed by atoms with van der Waals surface area (Å²) in [5, 5.41) is 0. The van der Waals surface area contributed by atoms with Gasteiger partial charge in [-0.25, -0.2) is 9.97 Å².